The van der Waals surface area contributed by atoms with Crippen molar-refractivity contribution < 1.29 is 4.52 Å². The Bertz CT molecular complexity index is 833. The Morgan fingerprint density at radius 1 is 1.12 bits per heavy atom. The molecule has 7 heteroatoms. The zero-order valence-corrected chi connectivity index (χ0v) is 14.5. The van der Waals surface area contributed by atoms with E-state index >= 15 is 0 Å². The molecule has 4 rings (SSSR count). The van der Waals surface area contributed by atoms with Gasteiger partial charge in [0.15, 0.2) is 5.82 Å². The minimum Gasteiger partial charge on any atom is -0.335 e. The van der Waals surface area contributed by atoms with Gasteiger partial charge in [-0.25, -0.2) is 4.98 Å². The van der Waals surface area contributed by atoms with Crippen LogP contribution in [0.1, 0.15) is 43.0 Å². The molecule has 0 bridgehead atoms. The van der Waals surface area contributed by atoms with E-state index in [1.54, 1.807) is 12.5 Å². The van der Waals surface area contributed by atoms with Crippen LogP contribution in [0.15, 0.2) is 47.5 Å². The van der Waals surface area contributed by atoms with Gasteiger partial charge in [-0.3, -0.25) is 0 Å². The maximum atomic E-state index is 6.35. The molecule has 0 radical (unpaired) electrons. The quantitative estimate of drug-likeness (QED) is 0.771. The van der Waals surface area contributed by atoms with Gasteiger partial charge in [0.05, 0.1) is 11.9 Å². The number of nitrogens with zero attached hydrogens (tertiary/aromatic N) is 4. The first kappa shape index (κ1) is 17.4. The largest absolute Gasteiger partial charge is 0.335 e. The van der Waals surface area contributed by atoms with Gasteiger partial charge in [0.1, 0.15) is 0 Å². The van der Waals surface area contributed by atoms with E-state index < -0.39 is 5.54 Å². The van der Waals surface area contributed by atoms with E-state index in [4.69, 9.17) is 10.3 Å². The van der Waals surface area contributed by atoms with Gasteiger partial charge in [-0.05, 0) is 36.6 Å². The van der Waals surface area contributed by atoms with Crippen molar-refractivity contribution in [1.82, 2.24) is 19.7 Å². The third-order valence-electron chi connectivity index (χ3n) is 4.50. The van der Waals surface area contributed by atoms with Crippen LogP contribution in [0.4, 0.5) is 0 Å². The average Bonchev–Trinajstić information content (AvgIpc) is 3.35. The monoisotopic (exact) mass is 357 g/mol. The van der Waals surface area contributed by atoms with Crippen LogP contribution in [0.2, 0.25) is 0 Å². The lowest BCUT2D eigenvalue weighted by molar-refractivity contribution is 0.364. The summed E-state index contributed by atoms with van der Waals surface area (Å²) in [6.07, 6.45) is 13.3. The van der Waals surface area contributed by atoms with Crippen LogP contribution in [-0.2, 0) is 5.54 Å². The van der Waals surface area contributed by atoms with E-state index in [-0.39, 0.29) is 12.4 Å². The van der Waals surface area contributed by atoms with Crippen molar-refractivity contribution in [3.05, 3.63) is 60.3 Å². The molecule has 130 valence electrons. The molecule has 3 aromatic rings. The number of halogens is 1. The zero-order chi connectivity index (χ0) is 16.4. The highest BCUT2D eigenvalue weighted by molar-refractivity contribution is 5.85. The van der Waals surface area contributed by atoms with E-state index in [1.165, 1.54) is 0 Å². The minimum atomic E-state index is -0.415. The van der Waals surface area contributed by atoms with E-state index in [2.05, 4.69) is 15.1 Å². The maximum absolute atomic E-state index is 6.35. The maximum Gasteiger partial charge on any atom is 0.250 e. The fourth-order valence-corrected chi connectivity index (χ4v) is 3.07. The lowest BCUT2D eigenvalue weighted by Gasteiger charge is -2.17. The SMILES string of the molecule is Cl.NC1(c2noc(/C=C/c3ccc(-n4ccnc4)cc3)n2)CCCC1. The number of hydrogen-bond acceptors (Lipinski definition) is 5. The number of benzene rings is 1. The Labute approximate surface area is 152 Å². The normalized spacial score (nSPS) is 16.2. The molecule has 2 N–H and O–H groups in total. The molecular weight excluding hydrogens is 338 g/mol. The van der Waals surface area contributed by atoms with Crippen LogP contribution < -0.4 is 5.73 Å². The number of rotatable bonds is 4. The summed E-state index contributed by atoms with van der Waals surface area (Å²) >= 11 is 0. The standard InChI is InChI=1S/C18H19N5O.ClH/c19-18(9-1-2-10-18)17-21-16(24-22-17)8-5-14-3-6-15(7-4-14)23-12-11-20-13-23;/h3-8,11-13H,1-2,9-10,19H2;1H/b8-5+;. The predicted octanol–water partition coefficient (Wildman–Crippen LogP) is 3.58. The summed E-state index contributed by atoms with van der Waals surface area (Å²) in [6, 6.07) is 8.14. The molecule has 1 aliphatic rings. The Morgan fingerprint density at radius 3 is 2.56 bits per heavy atom. The van der Waals surface area contributed by atoms with Gasteiger partial charge < -0.3 is 14.8 Å². The van der Waals surface area contributed by atoms with Crippen molar-refractivity contribution >= 4 is 24.6 Å². The molecule has 25 heavy (non-hydrogen) atoms. The van der Waals surface area contributed by atoms with Crippen molar-refractivity contribution in [3.8, 4) is 5.69 Å². The molecule has 0 unspecified atom stereocenters. The van der Waals surface area contributed by atoms with Gasteiger partial charge in [0, 0.05) is 24.2 Å². The van der Waals surface area contributed by atoms with E-state index in [0.717, 1.165) is 36.9 Å². The molecule has 1 aromatic carbocycles. The molecule has 0 saturated heterocycles. The number of hydrogen-bond donors (Lipinski definition) is 1. The molecule has 0 aliphatic heterocycles. The lowest BCUT2D eigenvalue weighted by Crippen LogP contribution is -2.34. The third-order valence-corrected chi connectivity index (χ3v) is 4.50. The minimum absolute atomic E-state index is 0. The van der Waals surface area contributed by atoms with Gasteiger partial charge >= 0.3 is 0 Å². The molecule has 1 fully saturated rings. The fraction of sp³-hybridized carbons (Fsp3) is 0.278. The summed E-state index contributed by atoms with van der Waals surface area (Å²) in [7, 11) is 0. The molecular formula is C18H20ClN5O. The average molecular weight is 358 g/mol. The zero-order valence-electron chi connectivity index (χ0n) is 13.7. The molecule has 0 amide bonds. The Balaban J connectivity index is 0.00000182. The molecule has 6 nitrogen and oxygen atoms in total. The Morgan fingerprint density at radius 2 is 1.88 bits per heavy atom. The summed E-state index contributed by atoms with van der Waals surface area (Å²) in [5.74, 6) is 1.11. The Kier molecular flexibility index (Phi) is 5.01. The molecule has 1 saturated carbocycles. The predicted molar refractivity (Wildman–Crippen MR) is 98.4 cm³/mol. The highest BCUT2D eigenvalue weighted by Gasteiger charge is 2.35. The van der Waals surface area contributed by atoms with E-state index in [0.29, 0.717) is 11.7 Å². The highest BCUT2D eigenvalue weighted by Crippen LogP contribution is 2.34. The first-order valence-electron chi connectivity index (χ1n) is 8.13. The van der Waals surface area contributed by atoms with Crippen molar-refractivity contribution in [2.24, 2.45) is 5.73 Å². The first-order valence-corrected chi connectivity index (χ1v) is 8.13. The molecule has 2 heterocycles. The van der Waals surface area contributed by atoms with Crippen LogP contribution in [0.5, 0.6) is 0 Å². The smallest absolute Gasteiger partial charge is 0.250 e. The van der Waals surface area contributed by atoms with E-state index in [1.807, 2.05) is 47.2 Å². The second kappa shape index (κ2) is 7.21. The van der Waals surface area contributed by atoms with Gasteiger partial charge in [0.25, 0.3) is 5.89 Å². The van der Waals surface area contributed by atoms with Crippen LogP contribution in [-0.4, -0.2) is 19.7 Å². The second-order valence-corrected chi connectivity index (χ2v) is 6.21. The highest BCUT2D eigenvalue weighted by atomic mass is 35.5. The van der Waals surface area contributed by atoms with E-state index in [9.17, 15) is 0 Å². The van der Waals surface area contributed by atoms with Crippen molar-refractivity contribution in [2.75, 3.05) is 0 Å². The van der Waals surface area contributed by atoms with Crippen molar-refractivity contribution in [1.29, 1.82) is 0 Å². The number of nitrogens with two attached hydrogens (primary N) is 1. The number of imidazole rings is 1. The molecule has 1 aliphatic carbocycles. The topological polar surface area (TPSA) is 82.8 Å². The van der Waals surface area contributed by atoms with Gasteiger partial charge in [-0.15, -0.1) is 12.4 Å². The summed E-state index contributed by atoms with van der Waals surface area (Å²) < 4.78 is 7.26. The summed E-state index contributed by atoms with van der Waals surface area (Å²) in [4.78, 5) is 8.48. The number of aromatic nitrogens is 4. The Hall–Kier alpha value is -2.44. The second-order valence-electron chi connectivity index (χ2n) is 6.21. The fourth-order valence-electron chi connectivity index (χ4n) is 3.07. The molecule has 2 aromatic heterocycles. The summed E-state index contributed by atoms with van der Waals surface area (Å²) in [5.41, 5.74) is 8.06. The third kappa shape index (κ3) is 3.65. The van der Waals surface area contributed by atoms with Crippen LogP contribution in [0, 0.1) is 0 Å². The molecule has 0 spiro atoms. The van der Waals surface area contributed by atoms with Crippen molar-refractivity contribution in [3.63, 3.8) is 0 Å². The molecule has 0 atom stereocenters. The van der Waals surface area contributed by atoms with Crippen molar-refractivity contribution in [2.45, 2.75) is 31.2 Å². The van der Waals surface area contributed by atoms with Crippen LogP contribution in [0.25, 0.3) is 17.8 Å². The lowest BCUT2D eigenvalue weighted by atomic mass is 9.99. The first-order chi connectivity index (χ1) is 11.7. The summed E-state index contributed by atoms with van der Waals surface area (Å²) in [6.45, 7) is 0. The van der Waals surface area contributed by atoms with Crippen LogP contribution in [0.3, 0.4) is 0 Å². The van der Waals surface area contributed by atoms with Crippen LogP contribution >= 0.6 is 12.4 Å². The van der Waals surface area contributed by atoms with Gasteiger partial charge in [-0.2, -0.15) is 4.98 Å². The van der Waals surface area contributed by atoms with Gasteiger partial charge in [-0.1, -0.05) is 30.1 Å². The van der Waals surface area contributed by atoms with Gasteiger partial charge in [0.2, 0.25) is 0 Å². The summed E-state index contributed by atoms with van der Waals surface area (Å²) in [5, 5.41) is 4.06.